The molecular formula is C17H32N4O. The van der Waals surface area contributed by atoms with Crippen LogP contribution in [0.5, 0.6) is 0 Å². The summed E-state index contributed by atoms with van der Waals surface area (Å²) in [4.78, 5) is 6.97. The number of aliphatic hydroxyl groups is 1. The molecule has 5 heteroatoms. The molecule has 3 aliphatic rings. The molecule has 2 unspecified atom stereocenters. The number of nitrogens with zero attached hydrogens (tertiary/aromatic N) is 2. The first-order chi connectivity index (χ1) is 10.7. The fourth-order valence-electron chi connectivity index (χ4n) is 3.80. The van der Waals surface area contributed by atoms with Crippen molar-refractivity contribution in [3.8, 4) is 0 Å². The number of hydrogen-bond acceptors (Lipinski definition) is 3. The van der Waals surface area contributed by atoms with Crippen molar-refractivity contribution in [2.75, 3.05) is 33.2 Å². The number of aliphatic hydroxyl groups excluding tert-OH is 1. The summed E-state index contributed by atoms with van der Waals surface area (Å²) in [5.41, 5.74) is 0. The van der Waals surface area contributed by atoms with Crippen LogP contribution < -0.4 is 10.6 Å². The van der Waals surface area contributed by atoms with Gasteiger partial charge in [0, 0.05) is 45.2 Å². The van der Waals surface area contributed by atoms with Crippen LogP contribution in [0.3, 0.4) is 0 Å². The predicted octanol–water partition coefficient (Wildman–Crippen LogP) is 1.19. The fourth-order valence-corrected chi connectivity index (χ4v) is 3.80. The number of rotatable bonds is 5. The molecule has 1 aliphatic heterocycles. The average molecular weight is 308 g/mol. The second-order valence-electron chi connectivity index (χ2n) is 7.37. The van der Waals surface area contributed by atoms with Crippen molar-refractivity contribution in [3.63, 3.8) is 0 Å². The third kappa shape index (κ3) is 4.59. The van der Waals surface area contributed by atoms with Crippen molar-refractivity contribution >= 4 is 5.96 Å². The van der Waals surface area contributed by atoms with Crippen molar-refractivity contribution < 1.29 is 5.11 Å². The topological polar surface area (TPSA) is 59.9 Å². The van der Waals surface area contributed by atoms with Crippen LogP contribution in [-0.2, 0) is 0 Å². The van der Waals surface area contributed by atoms with Gasteiger partial charge in [-0.1, -0.05) is 6.42 Å². The zero-order valence-corrected chi connectivity index (χ0v) is 13.9. The van der Waals surface area contributed by atoms with Crippen molar-refractivity contribution in [1.82, 2.24) is 15.5 Å². The molecule has 0 radical (unpaired) electrons. The van der Waals surface area contributed by atoms with Gasteiger partial charge in [-0.15, -0.1) is 0 Å². The van der Waals surface area contributed by atoms with Gasteiger partial charge >= 0.3 is 0 Å². The van der Waals surface area contributed by atoms with E-state index in [4.69, 9.17) is 0 Å². The van der Waals surface area contributed by atoms with Gasteiger partial charge in [-0.05, 0) is 44.4 Å². The molecule has 126 valence electrons. The number of guanidine groups is 1. The molecule has 3 N–H and O–H groups in total. The van der Waals surface area contributed by atoms with Crippen LogP contribution >= 0.6 is 0 Å². The third-order valence-corrected chi connectivity index (χ3v) is 5.52. The van der Waals surface area contributed by atoms with Gasteiger partial charge in [0.15, 0.2) is 5.96 Å². The molecule has 5 nitrogen and oxygen atoms in total. The minimum Gasteiger partial charge on any atom is -0.393 e. The first kappa shape index (κ1) is 16.1. The highest BCUT2D eigenvalue weighted by molar-refractivity contribution is 5.79. The Hall–Kier alpha value is -0.810. The van der Waals surface area contributed by atoms with E-state index in [0.717, 1.165) is 37.7 Å². The molecule has 3 rings (SSSR count). The normalized spacial score (nSPS) is 31.5. The molecule has 3 fully saturated rings. The molecule has 2 aliphatic carbocycles. The van der Waals surface area contributed by atoms with Crippen LogP contribution in [0, 0.1) is 11.8 Å². The van der Waals surface area contributed by atoms with E-state index in [1.165, 1.54) is 45.3 Å². The Kier molecular flexibility index (Phi) is 5.58. The lowest BCUT2D eigenvalue weighted by atomic mass is 10.0. The van der Waals surface area contributed by atoms with Crippen LogP contribution in [0.15, 0.2) is 4.99 Å². The van der Waals surface area contributed by atoms with Crippen molar-refractivity contribution in [3.05, 3.63) is 0 Å². The standard InChI is InChI=1S/C17H32N4O/c1-18-17(19-11-14-3-2-4-16(14)22)20-15-7-9-21(10-8-15)12-13-5-6-13/h13-16,22H,2-12H2,1H3,(H2,18,19,20). The largest absolute Gasteiger partial charge is 0.393 e. The second kappa shape index (κ2) is 7.64. The molecule has 1 heterocycles. The quantitative estimate of drug-likeness (QED) is 0.527. The van der Waals surface area contributed by atoms with Crippen LogP contribution in [0.1, 0.15) is 44.9 Å². The van der Waals surface area contributed by atoms with Gasteiger partial charge in [0.1, 0.15) is 0 Å². The summed E-state index contributed by atoms with van der Waals surface area (Å²) >= 11 is 0. The maximum atomic E-state index is 9.90. The first-order valence-corrected chi connectivity index (χ1v) is 9.12. The smallest absolute Gasteiger partial charge is 0.191 e. The van der Waals surface area contributed by atoms with E-state index in [-0.39, 0.29) is 6.10 Å². The minimum atomic E-state index is -0.128. The number of hydrogen-bond donors (Lipinski definition) is 3. The maximum Gasteiger partial charge on any atom is 0.191 e. The van der Waals surface area contributed by atoms with E-state index in [2.05, 4.69) is 20.5 Å². The summed E-state index contributed by atoms with van der Waals surface area (Å²) in [6, 6.07) is 0.537. The van der Waals surface area contributed by atoms with E-state index < -0.39 is 0 Å². The Labute approximate surface area is 134 Å². The van der Waals surface area contributed by atoms with Gasteiger partial charge in [0.25, 0.3) is 0 Å². The van der Waals surface area contributed by atoms with Crippen molar-refractivity contribution in [2.45, 2.75) is 57.1 Å². The molecule has 0 bridgehead atoms. The van der Waals surface area contributed by atoms with Crippen LogP contribution in [0.2, 0.25) is 0 Å². The molecule has 0 aromatic heterocycles. The molecular weight excluding hydrogens is 276 g/mol. The lowest BCUT2D eigenvalue weighted by molar-refractivity contribution is 0.134. The van der Waals surface area contributed by atoms with Crippen LogP contribution in [0.4, 0.5) is 0 Å². The van der Waals surface area contributed by atoms with Gasteiger partial charge in [-0.25, -0.2) is 0 Å². The molecule has 1 saturated heterocycles. The Balaban J connectivity index is 1.35. The number of aliphatic imine (C=N–C) groups is 1. The Morgan fingerprint density at radius 2 is 1.91 bits per heavy atom. The molecule has 0 aromatic carbocycles. The zero-order valence-electron chi connectivity index (χ0n) is 13.9. The maximum absolute atomic E-state index is 9.90. The van der Waals surface area contributed by atoms with Crippen LogP contribution in [0.25, 0.3) is 0 Å². The molecule has 0 aromatic rings. The monoisotopic (exact) mass is 308 g/mol. The van der Waals surface area contributed by atoms with Gasteiger partial charge in [-0.3, -0.25) is 4.99 Å². The van der Waals surface area contributed by atoms with Crippen molar-refractivity contribution in [2.24, 2.45) is 16.8 Å². The molecule has 2 atom stereocenters. The van der Waals surface area contributed by atoms with E-state index in [1.807, 2.05) is 7.05 Å². The Morgan fingerprint density at radius 1 is 1.14 bits per heavy atom. The SMILES string of the molecule is CN=C(NCC1CCCC1O)NC1CCN(CC2CC2)CC1. The summed E-state index contributed by atoms with van der Waals surface area (Å²) in [5, 5.41) is 16.9. The Morgan fingerprint density at radius 3 is 2.50 bits per heavy atom. The minimum absolute atomic E-state index is 0.128. The molecule has 22 heavy (non-hydrogen) atoms. The average Bonchev–Trinajstić information content (AvgIpc) is 3.25. The Bertz CT molecular complexity index is 375. The number of nitrogens with one attached hydrogen (secondary N) is 2. The summed E-state index contributed by atoms with van der Waals surface area (Å²) in [7, 11) is 1.84. The predicted molar refractivity (Wildman–Crippen MR) is 90.0 cm³/mol. The highest BCUT2D eigenvalue weighted by Gasteiger charge is 2.28. The van der Waals surface area contributed by atoms with Crippen molar-refractivity contribution in [1.29, 1.82) is 0 Å². The molecule has 2 saturated carbocycles. The lowest BCUT2D eigenvalue weighted by Gasteiger charge is -2.33. The molecule has 0 amide bonds. The van der Waals surface area contributed by atoms with E-state index in [9.17, 15) is 5.11 Å². The summed E-state index contributed by atoms with van der Waals surface area (Å²) < 4.78 is 0. The van der Waals surface area contributed by atoms with E-state index >= 15 is 0 Å². The van der Waals surface area contributed by atoms with E-state index in [1.54, 1.807) is 0 Å². The van der Waals surface area contributed by atoms with Gasteiger partial charge < -0.3 is 20.6 Å². The highest BCUT2D eigenvalue weighted by atomic mass is 16.3. The third-order valence-electron chi connectivity index (χ3n) is 5.52. The highest BCUT2D eigenvalue weighted by Crippen LogP contribution is 2.30. The summed E-state index contributed by atoms with van der Waals surface area (Å²) in [5.74, 6) is 2.29. The zero-order chi connectivity index (χ0) is 15.4. The van der Waals surface area contributed by atoms with Gasteiger partial charge in [-0.2, -0.15) is 0 Å². The summed E-state index contributed by atoms with van der Waals surface area (Å²) in [6.45, 7) is 4.58. The van der Waals surface area contributed by atoms with Gasteiger partial charge in [0.2, 0.25) is 0 Å². The summed E-state index contributed by atoms with van der Waals surface area (Å²) in [6.07, 6.45) is 8.42. The number of likely N-dealkylation sites (tertiary alicyclic amines) is 1. The molecule has 0 spiro atoms. The second-order valence-corrected chi connectivity index (χ2v) is 7.37. The van der Waals surface area contributed by atoms with E-state index in [0.29, 0.717) is 12.0 Å². The van der Waals surface area contributed by atoms with Crippen LogP contribution in [-0.4, -0.2) is 61.3 Å². The van der Waals surface area contributed by atoms with Gasteiger partial charge in [0.05, 0.1) is 6.10 Å². The first-order valence-electron chi connectivity index (χ1n) is 9.12. The lowest BCUT2D eigenvalue weighted by Crippen LogP contribution is -2.49. The number of piperidine rings is 1. The fraction of sp³-hybridized carbons (Fsp3) is 0.941.